The predicted octanol–water partition coefficient (Wildman–Crippen LogP) is 3.64. The molecule has 2 heteroatoms. The zero-order valence-corrected chi connectivity index (χ0v) is 12.7. The fraction of sp³-hybridized carbons (Fsp3) is 0.647. The summed E-state index contributed by atoms with van der Waals surface area (Å²) in [5.74, 6) is 3.30. The SMILES string of the molecule is CC(C)C(CNCc1ccc2c(c1)CCO2)C(C)C. The Hall–Kier alpha value is -1.02. The van der Waals surface area contributed by atoms with Crippen molar-refractivity contribution in [1.29, 1.82) is 0 Å². The van der Waals surface area contributed by atoms with Gasteiger partial charge in [0.25, 0.3) is 0 Å². The van der Waals surface area contributed by atoms with E-state index in [2.05, 4.69) is 51.2 Å². The topological polar surface area (TPSA) is 21.3 Å². The highest BCUT2D eigenvalue weighted by molar-refractivity contribution is 5.39. The average Bonchev–Trinajstić information content (AvgIpc) is 2.80. The number of hydrogen-bond donors (Lipinski definition) is 1. The summed E-state index contributed by atoms with van der Waals surface area (Å²) in [6, 6.07) is 6.58. The Bertz CT molecular complexity index is 404. The van der Waals surface area contributed by atoms with Crippen LogP contribution in [0.15, 0.2) is 18.2 Å². The Kier molecular flexibility index (Phi) is 4.87. The van der Waals surface area contributed by atoms with Gasteiger partial charge >= 0.3 is 0 Å². The molecule has 0 saturated heterocycles. The van der Waals surface area contributed by atoms with Crippen LogP contribution in [0.3, 0.4) is 0 Å². The van der Waals surface area contributed by atoms with Gasteiger partial charge in [-0.15, -0.1) is 0 Å². The molecule has 1 aromatic carbocycles. The molecule has 2 nitrogen and oxygen atoms in total. The Morgan fingerprint density at radius 2 is 1.89 bits per heavy atom. The van der Waals surface area contributed by atoms with Gasteiger partial charge in [-0.05, 0) is 41.5 Å². The lowest BCUT2D eigenvalue weighted by molar-refractivity contribution is 0.275. The molecule has 0 aromatic heterocycles. The van der Waals surface area contributed by atoms with Gasteiger partial charge in [0.2, 0.25) is 0 Å². The molecule has 1 N–H and O–H groups in total. The summed E-state index contributed by atoms with van der Waals surface area (Å²) in [4.78, 5) is 0. The van der Waals surface area contributed by atoms with Crippen LogP contribution in [-0.4, -0.2) is 13.2 Å². The monoisotopic (exact) mass is 261 g/mol. The maximum Gasteiger partial charge on any atom is 0.122 e. The molecule has 19 heavy (non-hydrogen) atoms. The quantitative estimate of drug-likeness (QED) is 0.844. The van der Waals surface area contributed by atoms with E-state index in [4.69, 9.17) is 4.74 Å². The maximum atomic E-state index is 5.54. The van der Waals surface area contributed by atoms with Crippen LogP contribution in [0, 0.1) is 17.8 Å². The van der Waals surface area contributed by atoms with Gasteiger partial charge in [0.15, 0.2) is 0 Å². The van der Waals surface area contributed by atoms with Gasteiger partial charge in [-0.2, -0.15) is 0 Å². The van der Waals surface area contributed by atoms with Crippen LogP contribution in [0.4, 0.5) is 0 Å². The summed E-state index contributed by atoms with van der Waals surface area (Å²) >= 11 is 0. The van der Waals surface area contributed by atoms with Crippen LogP contribution >= 0.6 is 0 Å². The van der Waals surface area contributed by atoms with Gasteiger partial charge in [0.1, 0.15) is 5.75 Å². The van der Waals surface area contributed by atoms with Crippen molar-refractivity contribution in [2.24, 2.45) is 17.8 Å². The van der Waals surface area contributed by atoms with Crippen molar-refractivity contribution in [2.45, 2.75) is 40.7 Å². The summed E-state index contributed by atoms with van der Waals surface area (Å²) in [6.45, 7) is 12.2. The van der Waals surface area contributed by atoms with Crippen molar-refractivity contribution in [3.8, 4) is 5.75 Å². The highest BCUT2D eigenvalue weighted by atomic mass is 16.5. The van der Waals surface area contributed by atoms with E-state index in [0.29, 0.717) is 0 Å². The second kappa shape index (κ2) is 6.42. The lowest BCUT2D eigenvalue weighted by Crippen LogP contribution is -2.29. The fourth-order valence-corrected chi connectivity index (χ4v) is 2.97. The predicted molar refractivity (Wildman–Crippen MR) is 80.5 cm³/mol. The van der Waals surface area contributed by atoms with Gasteiger partial charge in [-0.1, -0.05) is 39.8 Å². The number of rotatable bonds is 6. The third-order valence-electron chi connectivity index (χ3n) is 4.18. The number of nitrogens with one attached hydrogen (secondary N) is 1. The van der Waals surface area contributed by atoms with Crippen molar-refractivity contribution in [1.82, 2.24) is 5.32 Å². The van der Waals surface area contributed by atoms with Crippen LogP contribution in [0.25, 0.3) is 0 Å². The summed E-state index contributed by atoms with van der Waals surface area (Å²) in [6.07, 6.45) is 1.06. The molecule has 0 saturated carbocycles. The van der Waals surface area contributed by atoms with E-state index >= 15 is 0 Å². The van der Waals surface area contributed by atoms with E-state index in [-0.39, 0.29) is 0 Å². The van der Waals surface area contributed by atoms with Crippen molar-refractivity contribution in [3.05, 3.63) is 29.3 Å². The van der Waals surface area contributed by atoms with Crippen LogP contribution in [0.2, 0.25) is 0 Å². The van der Waals surface area contributed by atoms with Crippen molar-refractivity contribution < 1.29 is 4.74 Å². The fourth-order valence-electron chi connectivity index (χ4n) is 2.97. The van der Waals surface area contributed by atoms with E-state index in [0.717, 1.165) is 49.6 Å². The standard InChI is InChI=1S/C17H27NO/c1-12(2)16(13(3)4)11-18-10-14-5-6-17-15(9-14)7-8-19-17/h5-6,9,12-13,16,18H,7-8,10-11H2,1-4H3. The highest BCUT2D eigenvalue weighted by Crippen LogP contribution is 2.26. The first-order valence-electron chi connectivity index (χ1n) is 7.53. The summed E-state index contributed by atoms with van der Waals surface area (Å²) in [7, 11) is 0. The normalized spacial score (nSPS) is 14.3. The second-order valence-corrected chi connectivity index (χ2v) is 6.32. The van der Waals surface area contributed by atoms with E-state index < -0.39 is 0 Å². The van der Waals surface area contributed by atoms with E-state index in [9.17, 15) is 0 Å². The van der Waals surface area contributed by atoms with Crippen LogP contribution in [0.1, 0.15) is 38.8 Å². The number of hydrogen-bond acceptors (Lipinski definition) is 2. The average molecular weight is 261 g/mol. The van der Waals surface area contributed by atoms with Crippen LogP contribution in [-0.2, 0) is 13.0 Å². The molecule has 0 amide bonds. The minimum absolute atomic E-state index is 0.737. The first-order chi connectivity index (χ1) is 9.08. The third kappa shape index (κ3) is 3.73. The van der Waals surface area contributed by atoms with E-state index in [1.807, 2.05) is 0 Å². The molecular weight excluding hydrogens is 234 g/mol. The molecule has 0 atom stereocenters. The molecule has 0 unspecified atom stereocenters. The molecule has 1 heterocycles. The molecule has 2 rings (SSSR count). The summed E-state index contributed by atoms with van der Waals surface area (Å²) < 4.78 is 5.54. The zero-order chi connectivity index (χ0) is 13.8. The van der Waals surface area contributed by atoms with Crippen molar-refractivity contribution >= 4 is 0 Å². The number of benzene rings is 1. The Morgan fingerprint density at radius 3 is 2.58 bits per heavy atom. The number of fused-ring (bicyclic) bond motifs is 1. The lowest BCUT2D eigenvalue weighted by atomic mass is 9.85. The third-order valence-corrected chi connectivity index (χ3v) is 4.18. The molecule has 0 spiro atoms. The molecule has 0 bridgehead atoms. The molecule has 1 aliphatic rings. The zero-order valence-electron chi connectivity index (χ0n) is 12.7. The smallest absolute Gasteiger partial charge is 0.122 e. The Balaban J connectivity index is 1.85. The van der Waals surface area contributed by atoms with E-state index in [1.54, 1.807) is 0 Å². The van der Waals surface area contributed by atoms with Gasteiger partial charge < -0.3 is 10.1 Å². The molecule has 106 valence electrons. The summed E-state index contributed by atoms with van der Waals surface area (Å²) in [5.41, 5.74) is 2.74. The molecule has 0 aliphatic carbocycles. The van der Waals surface area contributed by atoms with Gasteiger partial charge in [-0.25, -0.2) is 0 Å². The minimum Gasteiger partial charge on any atom is -0.493 e. The molecule has 1 aliphatic heterocycles. The van der Waals surface area contributed by atoms with Crippen molar-refractivity contribution in [3.63, 3.8) is 0 Å². The minimum atomic E-state index is 0.737. The van der Waals surface area contributed by atoms with Crippen LogP contribution < -0.4 is 10.1 Å². The first kappa shape index (κ1) is 14.4. The van der Waals surface area contributed by atoms with Crippen LogP contribution in [0.5, 0.6) is 5.75 Å². The Labute approximate surface area is 117 Å². The molecule has 0 fully saturated rings. The second-order valence-electron chi connectivity index (χ2n) is 6.32. The maximum absolute atomic E-state index is 5.54. The molecular formula is C17H27NO. The number of ether oxygens (including phenoxy) is 1. The Morgan fingerprint density at radius 1 is 1.16 bits per heavy atom. The highest BCUT2D eigenvalue weighted by Gasteiger charge is 2.17. The van der Waals surface area contributed by atoms with Gasteiger partial charge in [0.05, 0.1) is 6.61 Å². The molecule has 1 aromatic rings. The van der Waals surface area contributed by atoms with Gasteiger partial charge in [0, 0.05) is 13.0 Å². The largest absolute Gasteiger partial charge is 0.493 e. The summed E-state index contributed by atoms with van der Waals surface area (Å²) in [5, 5.41) is 3.61. The lowest BCUT2D eigenvalue weighted by Gasteiger charge is -2.25. The van der Waals surface area contributed by atoms with Gasteiger partial charge in [-0.3, -0.25) is 0 Å². The van der Waals surface area contributed by atoms with E-state index in [1.165, 1.54) is 11.1 Å². The van der Waals surface area contributed by atoms with Crippen molar-refractivity contribution in [2.75, 3.05) is 13.2 Å². The molecule has 0 radical (unpaired) electrons. The first-order valence-corrected chi connectivity index (χ1v) is 7.53.